The fraction of sp³-hybridized carbons (Fsp3) is 0.235. The first-order valence-electron chi connectivity index (χ1n) is 7.51. The number of nitrogens with zero attached hydrogens (tertiary/aromatic N) is 1. The molecule has 1 aliphatic heterocycles. The van der Waals surface area contributed by atoms with Crippen molar-refractivity contribution in [3.63, 3.8) is 0 Å². The van der Waals surface area contributed by atoms with Gasteiger partial charge < -0.3 is 20.1 Å². The van der Waals surface area contributed by atoms with Gasteiger partial charge in [-0.25, -0.2) is 0 Å². The Kier molecular flexibility index (Phi) is 4.62. The lowest BCUT2D eigenvalue weighted by atomic mass is 10.0. The van der Waals surface area contributed by atoms with E-state index >= 15 is 0 Å². The molecule has 1 amide bonds. The number of nitrogens with one attached hydrogen (secondary N) is 1. The Bertz CT molecular complexity index is 858. The largest absolute Gasteiger partial charge is 0.503 e. The summed E-state index contributed by atoms with van der Waals surface area (Å²) in [6, 6.07) is 8.93. The zero-order valence-electron chi connectivity index (χ0n) is 13.5. The molecule has 0 radical (unpaired) electrons. The van der Waals surface area contributed by atoms with Crippen LogP contribution in [0.15, 0.2) is 36.4 Å². The molecule has 1 aliphatic rings. The van der Waals surface area contributed by atoms with Crippen LogP contribution in [0, 0.1) is 0 Å². The Morgan fingerprint density at radius 3 is 2.65 bits per heavy atom. The Morgan fingerprint density at radius 2 is 2.00 bits per heavy atom. The minimum Gasteiger partial charge on any atom is -0.503 e. The van der Waals surface area contributed by atoms with E-state index in [1.54, 1.807) is 18.2 Å². The van der Waals surface area contributed by atoms with E-state index in [1.165, 1.54) is 25.3 Å². The standard InChI is InChI=1S/C17H14ClF3N2O3/c1-26-13-7-9(6-11(18)14(13)24)15-22-12-5-3-2-4-10(12)16(25)23(15)8-17(19,20)21/h2-7,15,22,24H,8H2,1H3/t15-/m1/s1. The van der Waals surface area contributed by atoms with Crippen LogP contribution >= 0.6 is 11.6 Å². The summed E-state index contributed by atoms with van der Waals surface area (Å²) in [5.74, 6) is -1.10. The second kappa shape index (κ2) is 6.60. The maximum Gasteiger partial charge on any atom is 0.406 e. The number of rotatable bonds is 3. The lowest BCUT2D eigenvalue weighted by molar-refractivity contribution is -0.144. The highest BCUT2D eigenvalue weighted by molar-refractivity contribution is 6.32. The van der Waals surface area contributed by atoms with Gasteiger partial charge in [0.2, 0.25) is 0 Å². The van der Waals surface area contributed by atoms with Gasteiger partial charge >= 0.3 is 6.18 Å². The maximum atomic E-state index is 13.1. The maximum absolute atomic E-state index is 13.1. The van der Waals surface area contributed by atoms with E-state index in [-0.39, 0.29) is 27.6 Å². The van der Waals surface area contributed by atoms with E-state index in [0.717, 1.165) is 0 Å². The molecule has 138 valence electrons. The van der Waals surface area contributed by atoms with Crippen molar-refractivity contribution in [3.8, 4) is 11.5 Å². The van der Waals surface area contributed by atoms with Crippen molar-refractivity contribution in [1.82, 2.24) is 4.90 Å². The van der Waals surface area contributed by atoms with Crippen LogP contribution in [0.25, 0.3) is 0 Å². The summed E-state index contributed by atoms with van der Waals surface area (Å²) in [7, 11) is 1.29. The minimum absolute atomic E-state index is 0.00688. The molecule has 0 saturated carbocycles. The van der Waals surface area contributed by atoms with E-state index in [4.69, 9.17) is 16.3 Å². The molecule has 1 atom stereocenters. The molecular weight excluding hydrogens is 373 g/mol. The predicted octanol–water partition coefficient (Wildman–Crippen LogP) is 4.18. The molecule has 0 saturated heterocycles. The van der Waals surface area contributed by atoms with Gasteiger partial charge in [-0.05, 0) is 24.3 Å². The minimum atomic E-state index is -4.59. The highest BCUT2D eigenvalue weighted by Crippen LogP contribution is 2.41. The van der Waals surface area contributed by atoms with Gasteiger partial charge in [0.05, 0.1) is 17.7 Å². The zero-order chi connectivity index (χ0) is 19.1. The lowest BCUT2D eigenvalue weighted by Crippen LogP contribution is -2.47. The topological polar surface area (TPSA) is 61.8 Å². The van der Waals surface area contributed by atoms with Gasteiger partial charge in [-0.3, -0.25) is 4.79 Å². The van der Waals surface area contributed by atoms with Crippen LogP contribution in [0.4, 0.5) is 18.9 Å². The summed E-state index contributed by atoms with van der Waals surface area (Å²) < 4.78 is 44.2. The summed E-state index contributed by atoms with van der Waals surface area (Å²) >= 11 is 5.95. The van der Waals surface area contributed by atoms with Crippen molar-refractivity contribution in [2.24, 2.45) is 0 Å². The third kappa shape index (κ3) is 3.37. The van der Waals surface area contributed by atoms with Crippen molar-refractivity contribution in [2.45, 2.75) is 12.3 Å². The molecule has 2 N–H and O–H groups in total. The normalized spacial score (nSPS) is 16.9. The number of anilines is 1. The Morgan fingerprint density at radius 1 is 1.31 bits per heavy atom. The smallest absolute Gasteiger partial charge is 0.406 e. The summed E-state index contributed by atoms with van der Waals surface area (Å²) in [4.78, 5) is 13.3. The van der Waals surface area contributed by atoms with Crippen molar-refractivity contribution in [3.05, 3.63) is 52.5 Å². The van der Waals surface area contributed by atoms with Crippen LogP contribution in [-0.2, 0) is 0 Å². The number of halogens is 4. The second-order valence-corrected chi connectivity index (χ2v) is 6.10. The first-order chi connectivity index (χ1) is 12.2. The van der Waals surface area contributed by atoms with Crippen LogP contribution < -0.4 is 10.1 Å². The van der Waals surface area contributed by atoms with Gasteiger partial charge in [0.25, 0.3) is 5.91 Å². The van der Waals surface area contributed by atoms with Crippen molar-refractivity contribution in [1.29, 1.82) is 0 Å². The molecule has 0 bridgehead atoms. The number of para-hydroxylation sites is 1. The molecule has 0 aromatic heterocycles. The molecule has 0 unspecified atom stereocenters. The number of methoxy groups -OCH3 is 1. The van der Waals surface area contributed by atoms with Crippen LogP contribution in [0.3, 0.4) is 0 Å². The quantitative estimate of drug-likeness (QED) is 0.830. The number of aromatic hydroxyl groups is 1. The summed E-state index contributed by atoms with van der Waals surface area (Å²) in [6.07, 6.45) is -5.72. The number of alkyl halides is 3. The molecule has 5 nitrogen and oxygen atoms in total. The molecule has 2 aromatic rings. The highest BCUT2D eigenvalue weighted by Gasteiger charge is 2.41. The van der Waals surface area contributed by atoms with E-state index in [2.05, 4.69) is 5.32 Å². The van der Waals surface area contributed by atoms with Crippen molar-refractivity contribution < 1.29 is 27.8 Å². The number of phenolic OH excluding ortho intramolecular Hbond substituents is 1. The average molecular weight is 387 g/mol. The number of carbonyl (C=O) groups is 1. The number of fused-ring (bicyclic) bond motifs is 1. The number of carbonyl (C=O) groups excluding carboxylic acids is 1. The Labute approximate surface area is 151 Å². The summed E-state index contributed by atoms with van der Waals surface area (Å²) in [6.45, 7) is -1.45. The number of benzene rings is 2. The van der Waals surface area contributed by atoms with E-state index < -0.39 is 24.8 Å². The number of hydrogen-bond acceptors (Lipinski definition) is 4. The predicted molar refractivity (Wildman–Crippen MR) is 89.6 cm³/mol. The van der Waals surface area contributed by atoms with E-state index in [1.807, 2.05) is 0 Å². The number of hydrogen-bond donors (Lipinski definition) is 2. The van der Waals surface area contributed by atoms with Gasteiger partial charge in [0.15, 0.2) is 11.5 Å². The lowest BCUT2D eigenvalue weighted by Gasteiger charge is -2.38. The third-order valence-corrected chi connectivity index (χ3v) is 4.25. The molecule has 3 rings (SSSR count). The first-order valence-corrected chi connectivity index (χ1v) is 7.88. The first kappa shape index (κ1) is 18.2. The van der Waals surface area contributed by atoms with Crippen molar-refractivity contribution in [2.75, 3.05) is 19.0 Å². The molecule has 9 heteroatoms. The van der Waals surface area contributed by atoms with E-state index in [9.17, 15) is 23.1 Å². The van der Waals surface area contributed by atoms with Crippen molar-refractivity contribution >= 4 is 23.2 Å². The molecule has 26 heavy (non-hydrogen) atoms. The van der Waals surface area contributed by atoms with E-state index in [0.29, 0.717) is 10.6 Å². The number of amides is 1. The molecule has 1 heterocycles. The van der Waals surface area contributed by atoms with Gasteiger partial charge in [0.1, 0.15) is 12.7 Å². The average Bonchev–Trinajstić information content (AvgIpc) is 2.58. The van der Waals surface area contributed by atoms with Gasteiger partial charge in [-0.15, -0.1) is 0 Å². The Hall–Kier alpha value is -2.61. The summed E-state index contributed by atoms with van der Waals surface area (Å²) in [5.41, 5.74) is 0.797. The molecular formula is C17H14ClF3N2O3. The fourth-order valence-electron chi connectivity index (χ4n) is 2.82. The van der Waals surface area contributed by atoms with Gasteiger partial charge in [-0.2, -0.15) is 13.2 Å². The number of ether oxygens (including phenoxy) is 1. The van der Waals surface area contributed by atoms with Crippen LogP contribution in [0.2, 0.25) is 5.02 Å². The summed E-state index contributed by atoms with van der Waals surface area (Å²) in [5, 5.41) is 12.7. The second-order valence-electron chi connectivity index (χ2n) is 5.69. The third-order valence-electron chi connectivity index (χ3n) is 3.96. The Balaban J connectivity index is 2.11. The zero-order valence-corrected chi connectivity index (χ0v) is 14.2. The van der Waals surface area contributed by atoms with Gasteiger partial charge in [-0.1, -0.05) is 23.7 Å². The number of phenols is 1. The molecule has 0 aliphatic carbocycles. The molecule has 0 fully saturated rings. The monoisotopic (exact) mass is 386 g/mol. The molecule has 2 aromatic carbocycles. The highest BCUT2D eigenvalue weighted by atomic mass is 35.5. The van der Waals surface area contributed by atoms with Crippen LogP contribution in [0.5, 0.6) is 11.5 Å². The molecule has 0 spiro atoms. The van der Waals surface area contributed by atoms with Crippen LogP contribution in [0.1, 0.15) is 22.1 Å². The fourth-order valence-corrected chi connectivity index (χ4v) is 3.04. The van der Waals surface area contributed by atoms with Gasteiger partial charge in [0, 0.05) is 11.3 Å². The van der Waals surface area contributed by atoms with Crippen LogP contribution in [-0.4, -0.2) is 35.7 Å². The SMILES string of the molecule is COc1cc([C@@H]2Nc3ccccc3C(=O)N2CC(F)(F)F)cc(Cl)c1O.